The summed E-state index contributed by atoms with van der Waals surface area (Å²) >= 11 is 5.33. The molecule has 1 saturated carbocycles. The number of carbonyl (C=O) groups is 2. The van der Waals surface area contributed by atoms with Crippen molar-refractivity contribution in [1.29, 1.82) is 0 Å². The minimum absolute atomic E-state index is 0.296. The molecule has 0 aromatic rings. The average molecular weight is 191 g/mol. The highest BCUT2D eigenvalue weighted by atomic mass is 35.5. The van der Waals surface area contributed by atoms with Gasteiger partial charge in [0, 0.05) is 0 Å². The number of rotatable bonds is 3. The Hall–Kier alpha value is -0.570. The van der Waals surface area contributed by atoms with Crippen LogP contribution < -0.4 is 0 Å². The van der Waals surface area contributed by atoms with Crippen LogP contribution in [0.1, 0.15) is 26.2 Å². The van der Waals surface area contributed by atoms with E-state index in [-0.39, 0.29) is 0 Å². The van der Waals surface area contributed by atoms with Crippen molar-refractivity contribution in [3.63, 3.8) is 0 Å². The maximum atomic E-state index is 11.3. The molecular weight excluding hydrogens is 180 g/mol. The molecule has 1 fully saturated rings. The van der Waals surface area contributed by atoms with Gasteiger partial charge in [0.1, 0.15) is 5.41 Å². The summed E-state index contributed by atoms with van der Waals surface area (Å²) in [5.74, 6) is -0.462. The number of esters is 1. The lowest BCUT2D eigenvalue weighted by molar-refractivity contribution is -0.163. The number of halogens is 1. The molecule has 0 aliphatic heterocycles. The van der Waals surface area contributed by atoms with Gasteiger partial charge in [-0.1, -0.05) is 6.42 Å². The van der Waals surface area contributed by atoms with Gasteiger partial charge in [0.2, 0.25) is 5.24 Å². The molecule has 0 amide bonds. The van der Waals surface area contributed by atoms with Crippen molar-refractivity contribution in [3.8, 4) is 0 Å². The monoisotopic (exact) mass is 190 g/mol. The summed E-state index contributed by atoms with van der Waals surface area (Å²) in [6.07, 6.45) is 1.94. The molecule has 0 unspecified atom stereocenters. The number of hydrogen-bond donors (Lipinski definition) is 0. The van der Waals surface area contributed by atoms with Gasteiger partial charge in [-0.05, 0) is 31.4 Å². The van der Waals surface area contributed by atoms with Gasteiger partial charge in [0.15, 0.2) is 0 Å². The highest BCUT2D eigenvalue weighted by Crippen LogP contribution is 2.43. The normalized spacial score (nSPS) is 19.5. The molecule has 0 atom stereocenters. The summed E-state index contributed by atoms with van der Waals surface area (Å²) in [5, 5.41) is -0.577. The Morgan fingerprint density at radius 1 is 1.50 bits per heavy atom. The molecule has 0 aromatic heterocycles. The van der Waals surface area contributed by atoms with E-state index in [2.05, 4.69) is 0 Å². The molecule has 0 radical (unpaired) electrons. The fourth-order valence-corrected chi connectivity index (χ4v) is 1.55. The van der Waals surface area contributed by atoms with Gasteiger partial charge < -0.3 is 4.74 Å². The first kappa shape index (κ1) is 9.52. The summed E-state index contributed by atoms with van der Waals surface area (Å²) < 4.78 is 4.77. The number of ether oxygens (including phenoxy) is 1. The zero-order valence-corrected chi connectivity index (χ0v) is 7.69. The average Bonchev–Trinajstić information content (AvgIpc) is 1.83. The standard InChI is InChI=1S/C8H11ClO3/c1-2-12-7(11)8(6(9)10)4-3-5-8/h2-5H2,1H3. The zero-order valence-electron chi connectivity index (χ0n) is 6.93. The van der Waals surface area contributed by atoms with E-state index in [0.717, 1.165) is 6.42 Å². The van der Waals surface area contributed by atoms with E-state index in [4.69, 9.17) is 16.3 Å². The molecule has 3 nitrogen and oxygen atoms in total. The van der Waals surface area contributed by atoms with E-state index < -0.39 is 16.6 Å². The molecule has 0 spiro atoms. The molecule has 0 N–H and O–H groups in total. The van der Waals surface area contributed by atoms with Gasteiger partial charge in [0.05, 0.1) is 6.61 Å². The third kappa shape index (κ3) is 1.33. The highest BCUT2D eigenvalue weighted by Gasteiger charge is 2.51. The molecule has 4 heteroatoms. The predicted octanol–water partition coefficient (Wildman–Crippen LogP) is 1.49. The van der Waals surface area contributed by atoms with Crippen LogP contribution in [0.25, 0.3) is 0 Å². The van der Waals surface area contributed by atoms with Crippen LogP contribution in [0.5, 0.6) is 0 Å². The Labute approximate surface area is 76.0 Å². The van der Waals surface area contributed by atoms with E-state index >= 15 is 0 Å². The van der Waals surface area contributed by atoms with E-state index in [9.17, 15) is 9.59 Å². The van der Waals surface area contributed by atoms with Crippen LogP contribution in [0.4, 0.5) is 0 Å². The van der Waals surface area contributed by atoms with Crippen LogP contribution in [0.3, 0.4) is 0 Å². The first-order chi connectivity index (χ1) is 5.63. The molecule has 68 valence electrons. The third-order valence-electron chi connectivity index (χ3n) is 2.25. The SMILES string of the molecule is CCOC(=O)C1(C(=O)Cl)CCC1. The topological polar surface area (TPSA) is 43.4 Å². The van der Waals surface area contributed by atoms with Crippen LogP contribution in [0, 0.1) is 5.41 Å². The quantitative estimate of drug-likeness (QED) is 0.385. The zero-order chi connectivity index (χ0) is 9.19. The Kier molecular flexibility index (Phi) is 2.73. The van der Waals surface area contributed by atoms with Crippen LogP contribution in [0.2, 0.25) is 0 Å². The first-order valence-corrected chi connectivity index (χ1v) is 4.38. The van der Waals surface area contributed by atoms with Crippen LogP contribution >= 0.6 is 11.6 Å². The number of carbonyl (C=O) groups excluding carboxylic acids is 2. The van der Waals surface area contributed by atoms with Crippen molar-refractivity contribution in [2.45, 2.75) is 26.2 Å². The fourth-order valence-electron chi connectivity index (χ4n) is 1.28. The Morgan fingerprint density at radius 3 is 2.33 bits per heavy atom. The van der Waals surface area contributed by atoms with Gasteiger partial charge in [-0.2, -0.15) is 0 Å². The van der Waals surface area contributed by atoms with E-state index in [0.29, 0.717) is 19.4 Å². The molecule has 0 bridgehead atoms. The van der Waals surface area contributed by atoms with Crippen molar-refractivity contribution in [3.05, 3.63) is 0 Å². The molecule has 12 heavy (non-hydrogen) atoms. The van der Waals surface area contributed by atoms with Crippen molar-refractivity contribution < 1.29 is 14.3 Å². The molecular formula is C8H11ClO3. The lowest BCUT2D eigenvalue weighted by atomic mass is 9.70. The minimum Gasteiger partial charge on any atom is -0.465 e. The Balaban J connectivity index is 2.67. The molecule has 0 aromatic carbocycles. The van der Waals surface area contributed by atoms with Gasteiger partial charge in [0.25, 0.3) is 0 Å². The van der Waals surface area contributed by atoms with Gasteiger partial charge in [-0.3, -0.25) is 9.59 Å². The molecule has 1 aliphatic carbocycles. The Morgan fingerprint density at radius 2 is 2.08 bits per heavy atom. The summed E-state index contributed by atoms with van der Waals surface area (Å²) in [6.45, 7) is 2.01. The van der Waals surface area contributed by atoms with Gasteiger partial charge >= 0.3 is 5.97 Å². The van der Waals surface area contributed by atoms with Crippen LogP contribution in [-0.4, -0.2) is 17.8 Å². The van der Waals surface area contributed by atoms with Crippen molar-refractivity contribution in [2.75, 3.05) is 6.61 Å². The molecule has 0 heterocycles. The largest absolute Gasteiger partial charge is 0.465 e. The highest BCUT2D eigenvalue weighted by molar-refractivity contribution is 6.66. The fraction of sp³-hybridized carbons (Fsp3) is 0.750. The third-order valence-corrected chi connectivity index (χ3v) is 2.61. The van der Waals surface area contributed by atoms with Crippen LogP contribution in [-0.2, 0) is 14.3 Å². The van der Waals surface area contributed by atoms with E-state index in [1.165, 1.54) is 0 Å². The summed E-state index contributed by atoms with van der Waals surface area (Å²) in [7, 11) is 0. The lowest BCUT2D eigenvalue weighted by Gasteiger charge is -2.35. The second kappa shape index (κ2) is 3.44. The van der Waals surface area contributed by atoms with E-state index in [1.807, 2.05) is 0 Å². The second-order valence-electron chi connectivity index (χ2n) is 2.93. The summed E-state index contributed by atoms with van der Waals surface area (Å²) in [6, 6.07) is 0. The smallest absolute Gasteiger partial charge is 0.320 e. The predicted molar refractivity (Wildman–Crippen MR) is 43.8 cm³/mol. The minimum atomic E-state index is -1.00. The molecule has 1 aliphatic rings. The molecule has 0 saturated heterocycles. The first-order valence-electron chi connectivity index (χ1n) is 4.00. The van der Waals surface area contributed by atoms with Crippen LogP contribution in [0.15, 0.2) is 0 Å². The Bertz CT molecular complexity index is 208. The second-order valence-corrected chi connectivity index (χ2v) is 3.27. The number of hydrogen-bond acceptors (Lipinski definition) is 3. The lowest BCUT2D eigenvalue weighted by Crippen LogP contribution is -2.44. The van der Waals surface area contributed by atoms with Crippen molar-refractivity contribution in [2.24, 2.45) is 5.41 Å². The maximum Gasteiger partial charge on any atom is 0.320 e. The van der Waals surface area contributed by atoms with Gasteiger partial charge in [-0.15, -0.1) is 0 Å². The summed E-state index contributed by atoms with van der Waals surface area (Å²) in [4.78, 5) is 22.2. The van der Waals surface area contributed by atoms with Crippen molar-refractivity contribution in [1.82, 2.24) is 0 Å². The van der Waals surface area contributed by atoms with E-state index in [1.54, 1.807) is 6.92 Å². The van der Waals surface area contributed by atoms with Gasteiger partial charge in [-0.25, -0.2) is 0 Å². The maximum absolute atomic E-state index is 11.3. The summed E-state index contributed by atoms with van der Waals surface area (Å²) in [5.41, 5.74) is -1.00. The van der Waals surface area contributed by atoms with Crippen molar-refractivity contribution >= 4 is 22.8 Å². The molecule has 1 rings (SSSR count).